The van der Waals surface area contributed by atoms with Crippen LogP contribution in [0.3, 0.4) is 0 Å². The van der Waals surface area contributed by atoms with Crippen molar-refractivity contribution >= 4 is 11.7 Å². The zero-order chi connectivity index (χ0) is 11.6. The summed E-state index contributed by atoms with van der Waals surface area (Å²) >= 11 is 0. The molecule has 0 unspecified atom stereocenters. The molecule has 0 saturated heterocycles. The molecule has 0 aromatic carbocycles. The molecule has 0 heterocycles. The van der Waals surface area contributed by atoms with Crippen LogP contribution in [0.1, 0.15) is 71.1 Å². The van der Waals surface area contributed by atoms with Crippen LogP contribution in [0.5, 0.6) is 0 Å². The fourth-order valence-corrected chi connectivity index (χ4v) is 1.91. The summed E-state index contributed by atoms with van der Waals surface area (Å²) in [5.74, 6) is -0.172. The van der Waals surface area contributed by atoms with Gasteiger partial charge in [-0.25, -0.2) is 4.79 Å². The lowest BCUT2D eigenvalue weighted by molar-refractivity contribution is -0.143. The third-order valence-corrected chi connectivity index (χ3v) is 2.94. The maximum atomic E-state index is 11.3. The zero-order valence-corrected chi connectivity index (χ0v) is 10.3. The highest BCUT2D eigenvalue weighted by Crippen LogP contribution is 2.15. The summed E-state index contributed by atoms with van der Waals surface area (Å²) in [5, 5.41) is 3.95. The molecule has 1 fully saturated rings. The first kappa shape index (κ1) is 13.2. The summed E-state index contributed by atoms with van der Waals surface area (Å²) in [4.78, 5) is 16.2. The molecular formula is C13H23NO2. The number of hydrogen-bond acceptors (Lipinski definition) is 3. The topological polar surface area (TPSA) is 38.7 Å². The minimum absolute atomic E-state index is 0.172. The fraction of sp³-hybridized carbons (Fsp3) is 0.846. The lowest BCUT2D eigenvalue weighted by Crippen LogP contribution is -2.08. The van der Waals surface area contributed by atoms with Crippen LogP contribution in [0.4, 0.5) is 0 Å². The van der Waals surface area contributed by atoms with Gasteiger partial charge in [0.05, 0.1) is 5.71 Å². The van der Waals surface area contributed by atoms with E-state index in [1.807, 2.05) is 0 Å². The van der Waals surface area contributed by atoms with E-state index in [1.54, 1.807) is 0 Å². The Hall–Kier alpha value is -0.860. The van der Waals surface area contributed by atoms with Gasteiger partial charge in [0.2, 0.25) is 0 Å². The summed E-state index contributed by atoms with van der Waals surface area (Å²) in [6.45, 7) is 2.16. The molecule has 0 aromatic heterocycles. The Kier molecular flexibility index (Phi) is 6.86. The van der Waals surface area contributed by atoms with Crippen molar-refractivity contribution < 1.29 is 9.63 Å². The summed E-state index contributed by atoms with van der Waals surface area (Å²) in [6.07, 6.45) is 10.6. The SMILES string of the molecule is CCCCCCC(=O)ON=C1CCCCC1. The molecule has 0 aliphatic heterocycles. The molecule has 1 saturated carbocycles. The molecule has 1 aliphatic carbocycles. The molecule has 16 heavy (non-hydrogen) atoms. The van der Waals surface area contributed by atoms with Crippen LogP contribution in [-0.2, 0) is 9.63 Å². The number of hydrogen-bond donors (Lipinski definition) is 0. The normalized spacial score (nSPS) is 15.9. The van der Waals surface area contributed by atoms with E-state index in [2.05, 4.69) is 12.1 Å². The maximum Gasteiger partial charge on any atom is 0.335 e. The smallest absolute Gasteiger partial charge is 0.318 e. The van der Waals surface area contributed by atoms with E-state index in [0.717, 1.165) is 31.4 Å². The monoisotopic (exact) mass is 225 g/mol. The number of unbranched alkanes of at least 4 members (excludes halogenated alkanes) is 3. The minimum Gasteiger partial charge on any atom is -0.318 e. The molecule has 0 radical (unpaired) electrons. The molecule has 0 aromatic rings. The minimum atomic E-state index is -0.172. The number of rotatable bonds is 6. The van der Waals surface area contributed by atoms with Crippen molar-refractivity contribution in [1.82, 2.24) is 0 Å². The third-order valence-electron chi connectivity index (χ3n) is 2.94. The first-order valence-electron chi connectivity index (χ1n) is 6.58. The molecular weight excluding hydrogens is 202 g/mol. The van der Waals surface area contributed by atoms with Crippen LogP contribution in [0.2, 0.25) is 0 Å². The first-order chi connectivity index (χ1) is 7.83. The first-order valence-corrected chi connectivity index (χ1v) is 6.58. The van der Waals surface area contributed by atoms with Crippen molar-refractivity contribution in [3.8, 4) is 0 Å². The van der Waals surface area contributed by atoms with Gasteiger partial charge in [0.15, 0.2) is 0 Å². The van der Waals surface area contributed by atoms with E-state index in [1.165, 1.54) is 32.1 Å². The number of carbonyl (C=O) groups is 1. The van der Waals surface area contributed by atoms with Crippen molar-refractivity contribution in [2.75, 3.05) is 0 Å². The average molecular weight is 225 g/mol. The van der Waals surface area contributed by atoms with Crippen LogP contribution in [0, 0.1) is 0 Å². The van der Waals surface area contributed by atoms with Gasteiger partial charge in [-0.05, 0) is 32.1 Å². The van der Waals surface area contributed by atoms with E-state index in [4.69, 9.17) is 4.84 Å². The van der Waals surface area contributed by atoms with Crippen molar-refractivity contribution in [2.45, 2.75) is 71.1 Å². The third kappa shape index (κ3) is 5.89. The average Bonchev–Trinajstić information content (AvgIpc) is 2.33. The second kappa shape index (κ2) is 8.31. The van der Waals surface area contributed by atoms with Crippen LogP contribution >= 0.6 is 0 Å². The van der Waals surface area contributed by atoms with Gasteiger partial charge in [0, 0.05) is 6.42 Å². The molecule has 1 rings (SSSR count). The largest absolute Gasteiger partial charge is 0.335 e. The number of nitrogens with zero attached hydrogens (tertiary/aromatic N) is 1. The van der Waals surface area contributed by atoms with E-state index in [9.17, 15) is 4.79 Å². The highest BCUT2D eigenvalue weighted by molar-refractivity contribution is 5.85. The fourth-order valence-electron chi connectivity index (χ4n) is 1.91. The molecule has 0 amide bonds. The highest BCUT2D eigenvalue weighted by atomic mass is 16.7. The molecule has 3 heteroatoms. The molecule has 1 aliphatic rings. The van der Waals surface area contributed by atoms with E-state index in [-0.39, 0.29) is 5.97 Å². The Bertz CT molecular complexity index is 228. The van der Waals surface area contributed by atoms with Crippen LogP contribution in [0.15, 0.2) is 5.16 Å². The predicted molar refractivity (Wildman–Crippen MR) is 65.4 cm³/mol. The van der Waals surface area contributed by atoms with Crippen molar-refractivity contribution in [2.24, 2.45) is 5.16 Å². The lowest BCUT2D eigenvalue weighted by atomic mass is 9.99. The van der Waals surface area contributed by atoms with Crippen molar-refractivity contribution in [1.29, 1.82) is 0 Å². The molecule has 3 nitrogen and oxygen atoms in total. The van der Waals surface area contributed by atoms with Gasteiger partial charge in [-0.15, -0.1) is 0 Å². The zero-order valence-electron chi connectivity index (χ0n) is 10.3. The van der Waals surface area contributed by atoms with Crippen molar-refractivity contribution in [3.63, 3.8) is 0 Å². The quantitative estimate of drug-likeness (QED) is 0.391. The molecule has 0 spiro atoms. The number of oxime groups is 1. The molecule has 0 bridgehead atoms. The van der Waals surface area contributed by atoms with Crippen molar-refractivity contribution in [3.05, 3.63) is 0 Å². The second-order valence-electron chi connectivity index (χ2n) is 4.49. The molecule has 92 valence electrons. The Morgan fingerprint density at radius 1 is 1.19 bits per heavy atom. The Morgan fingerprint density at radius 2 is 1.94 bits per heavy atom. The summed E-state index contributed by atoms with van der Waals surface area (Å²) in [5.41, 5.74) is 1.06. The van der Waals surface area contributed by atoms with Gasteiger partial charge in [0.25, 0.3) is 0 Å². The van der Waals surface area contributed by atoms with Gasteiger partial charge in [-0.3, -0.25) is 0 Å². The standard InChI is InChI=1S/C13H23NO2/c1-2-3-4-8-11-13(15)16-14-12-9-6-5-7-10-12/h2-11H2,1H3. The van der Waals surface area contributed by atoms with Crippen LogP contribution in [-0.4, -0.2) is 11.7 Å². The number of carbonyl (C=O) groups excluding carboxylic acids is 1. The summed E-state index contributed by atoms with van der Waals surface area (Å²) < 4.78 is 0. The van der Waals surface area contributed by atoms with Gasteiger partial charge in [-0.2, -0.15) is 0 Å². The second-order valence-corrected chi connectivity index (χ2v) is 4.49. The van der Waals surface area contributed by atoms with E-state index >= 15 is 0 Å². The Labute approximate surface area is 98.2 Å². The van der Waals surface area contributed by atoms with Gasteiger partial charge >= 0.3 is 5.97 Å². The van der Waals surface area contributed by atoms with Crippen LogP contribution in [0.25, 0.3) is 0 Å². The maximum absolute atomic E-state index is 11.3. The Morgan fingerprint density at radius 3 is 2.62 bits per heavy atom. The van der Waals surface area contributed by atoms with E-state index in [0.29, 0.717) is 6.42 Å². The highest BCUT2D eigenvalue weighted by Gasteiger charge is 2.08. The summed E-state index contributed by atoms with van der Waals surface area (Å²) in [6, 6.07) is 0. The lowest BCUT2D eigenvalue weighted by Gasteiger charge is -2.10. The van der Waals surface area contributed by atoms with Gasteiger partial charge < -0.3 is 4.84 Å². The van der Waals surface area contributed by atoms with Gasteiger partial charge in [-0.1, -0.05) is 37.8 Å². The predicted octanol–water partition coefficient (Wildman–Crippen LogP) is 3.82. The van der Waals surface area contributed by atoms with E-state index < -0.39 is 0 Å². The Balaban J connectivity index is 2.08. The molecule has 0 N–H and O–H groups in total. The summed E-state index contributed by atoms with van der Waals surface area (Å²) in [7, 11) is 0. The molecule has 0 atom stereocenters. The van der Waals surface area contributed by atoms with Gasteiger partial charge in [0.1, 0.15) is 0 Å². The van der Waals surface area contributed by atoms with Crippen LogP contribution < -0.4 is 0 Å².